The zero-order valence-electron chi connectivity index (χ0n) is 10.7. The molecule has 0 saturated heterocycles. The summed E-state index contributed by atoms with van der Waals surface area (Å²) in [5, 5.41) is 20.2. The minimum atomic E-state index is -0.822. The number of aromatic nitrogens is 2. The van der Waals surface area contributed by atoms with Gasteiger partial charge in [0.2, 0.25) is 0 Å². The van der Waals surface area contributed by atoms with E-state index in [0.717, 1.165) is 11.1 Å². The predicted molar refractivity (Wildman–Crippen MR) is 70.1 cm³/mol. The molecule has 0 radical (unpaired) electrons. The minimum Gasteiger partial charge on any atom is -0.385 e. The Bertz CT molecular complexity index is 628. The average Bonchev–Trinajstić information content (AvgIpc) is 3.01. The maximum atomic E-state index is 10.6. The molecule has 19 heavy (non-hydrogen) atoms. The van der Waals surface area contributed by atoms with Crippen molar-refractivity contribution in [1.29, 1.82) is 5.26 Å². The maximum absolute atomic E-state index is 10.6. The molecular formula is C15H15N3O. The van der Waals surface area contributed by atoms with E-state index in [1.54, 1.807) is 17.1 Å². The lowest BCUT2D eigenvalue weighted by Crippen LogP contribution is -2.29. The Morgan fingerprint density at radius 3 is 2.47 bits per heavy atom. The molecule has 2 aromatic rings. The van der Waals surface area contributed by atoms with Crippen molar-refractivity contribution in [1.82, 2.24) is 9.55 Å². The summed E-state index contributed by atoms with van der Waals surface area (Å²) in [6.07, 6.45) is 3.63. The fourth-order valence-electron chi connectivity index (χ4n) is 2.89. The van der Waals surface area contributed by atoms with Gasteiger partial charge in [0, 0.05) is 7.05 Å². The second kappa shape index (κ2) is 4.22. The van der Waals surface area contributed by atoms with Crippen molar-refractivity contribution >= 4 is 0 Å². The number of nitrogens with zero attached hydrogens (tertiary/aromatic N) is 3. The Kier molecular flexibility index (Phi) is 2.65. The number of hydrogen-bond donors (Lipinski definition) is 1. The summed E-state index contributed by atoms with van der Waals surface area (Å²) in [5.74, 6) is 0. The van der Waals surface area contributed by atoms with Gasteiger partial charge >= 0.3 is 0 Å². The molecular weight excluding hydrogens is 238 g/mol. The molecule has 96 valence electrons. The second-order valence-corrected chi connectivity index (χ2v) is 5.22. The van der Waals surface area contributed by atoms with Crippen LogP contribution in [0, 0.1) is 16.7 Å². The molecule has 1 aliphatic rings. The molecule has 3 rings (SSSR count). The summed E-state index contributed by atoms with van der Waals surface area (Å²) in [5.41, 5.74) is 2.22. The van der Waals surface area contributed by atoms with Gasteiger partial charge in [0.05, 0.1) is 29.7 Å². The normalized spacial score (nSPS) is 17.7. The van der Waals surface area contributed by atoms with Gasteiger partial charge in [-0.15, -0.1) is 0 Å². The predicted octanol–water partition coefficient (Wildman–Crippen LogP) is 1.76. The Labute approximate surface area is 111 Å². The van der Waals surface area contributed by atoms with Gasteiger partial charge in [-0.1, -0.05) is 24.3 Å². The van der Waals surface area contributed by atoms with Crippen LogP contribution >= 0.6 is 0 Å². The smallest absolute Gasteiger partial charge is 0.115 e. The molecule has 0 bridgehead atoms. The third-order valence-electron chi connectivity index (χ3n) is 4.01. The summed E-state index contributed by atoms with van der Waals surface area (Å²) in [6, 6.07) is 10.4. The van der Waals surface area contributed by atoms with E-state index < -0.39 is 11.5 Å². The van der Waals surface area contributed by atoms with Crippen LogP contribution in [0.1, 0.15) is 22.9 Å². The standard InChI is InChI=1S/C15H15N3O/c1-18-10-17-8-13(18)14(19)15(9-16)6-11-4-2-3-5-12(11)7-15/h2-5,8,10,14,19H,6-7H2,1H3. The Balaban J connectivity index is 2.00. The summed E-state index contributed by atoms with van der Waals surface area (Å²) in [4.78, 5) is 4.02. The van der Waals surface area contributed by atoms with E-state index in [9.17, 15) is 10.4 Å². The Hall–Kier alpha value is -2.12. The number of fused-ring (bicyclic) bond motifs is 1. The molecule has 0 aliphatic heterocycles. The van der Waals surface area contributed by atoms with Gasteiger partial charge in [0.1, 0.15) is 6.10 Å². The van der Waals surface area contributed by atoms with E-state index in [2.05, 4.69) is 11.1 Å². The highest BCUT2D eigenvalue weighted by Gasteiger charge is 2.45. The Morgan fingerprint density at radius 1 is 1.37 bits per heavy atom. The number of benzene rings is 1. The van der Waals surface area contributed by atoms with E-state index in [-0.39, 0.29) is 0 Å². The van der Waals surface area contributed by atoms with Gasteiger partial charge in [-0.25, -0.2) is 4.98 Å². The largest absolute Gasteiger partial charge is 0.385 e. The molecule has 1 aromatic carbocycles. The maximum Gasteiger partial charge on any atom is 0.115 e. The van der Waals surface area contributed by atoms with Crippen molar-refractivity contribution in [2.75, 3.05) is 0 Å². The molecule has 1 aliphatic carbocycles. The van der Waals surface area contributed by atoms with Gasteiger partial charge in [-0.2, -0.15) is 5.26 Å². The molecule has 0 fully saturated rings. The van der Waals surface area contributed by atoms with Gasteiger partial charge < -0.3 is 9.67 Å². The van der Waals surface area contributed by atoms with Crippen LogP contribution in [0.4, 0.5) is 0 Å². The molecule has 0 amide bonds. The zero-order chi connectivity index (χ0) is 13.5. The number of imidazole rings is 1. The number of nitriles is 1. The topological polar surface area (TPSA) is 61.8 Å². The lowest BCUT2D eigenvalue weighted by Gasteiger charge is -2.27. The molecule has 0 spiro atoms. The van der Waals surface area contributed by atoms with E-state index in [0.29, 0.717) is 18.5 Å². The van der Waals surface area contributed by atoms with Crippen LogP contribution in [-0.2, 0) is 19.9 Å². The number of aliphatic hydroxyl groups is 1. The van der Waals surface area contributed by atoms with Crippen LogP contribution in [0.25, 0.3) is 0 Å². The Morgan fingerprint density at radius 2 is 2.00 bits per heavy atom. The van der Waals surface area contributed by atoms with Crippen LogP contribution < -0.4 is 0 Å². The van der Waals surface area contributed by atoms with E-state index in [1.165, 1.54) is 0 Å². The first-order valence-electron chi connectivity index (χ1n) is 6.28. The van der Waals surface area contributed by atoms with Gasteiger partial charge in [0.25, 0.3) is 0 Å². The summed E-state index contributed by atoms with van der Waals surface area (Å²) in [6.45, 7) is 0. The molecule has 4 heteroatoms. The third-order valence-corrected chi connectivity index (χ3v) is 4.01. The van der Waals surface area contributed by atoms with Gasteiger partial charge in [-0.3, -0.25) is 0 Å². The van der Waals surface area contributed by atoms with E-state index in [1.807, 2.05) is 31.3 Å². The molecule has 1 aromatic heterocycles. The molecule has 4 nitrogen and oxygen atoms in total. The minimum absolute atomic E-state index is 0.589. The number of aryl methyl sites for hydroxylation is 1. The molecule has 0 saturated carbocycles. The monoisotopic (exact) mass is 253 g/mol. The molecule has 1 N–H and O–H groups in total. The van der Waals surface area contributed by atoms with Crippen molar-refractivity contribution in [2.45, 2.75) is 18.9 Å². The van der Waals surface area contributed by atoms with Crippen molar-refractivity contribution in [3.8, 4) is 6.07 Å². The fraction of sp³-hybridized carbons (Fsp3) is 0.333. The van der Waals surface area contributed by atoms with E-state index >= 15 is 0 Å². The summed E-state index contributed by atoms with van der Waals surface area (Å²) < 4.78 is 1.77. The first-order valence-corrected chi connectivity index (χ1v) is 6.28. The highest BCUT2D eigenvalue weighted by atomic mass is 16.3. The zero-order valence-corrected chi connectivity index (χ0v) is 10.7. The van der Waals surface area contributed by atoms with Crippen LogP contribution in [0.5, 0.6) is 0 Å². The summed E-state index contributed by atoms with van der Waals surface area (Å²) in [7, 11) is 1.83. The highest BCUT2D eigenvalue weighted by molar-refractivity contribution is 5.38. The molecule has 1 atom stereocenters. The first kappa shape index (κ1) is 11.9. The van der Waals surface area contributed by atoms with Crippen LogP contribution in [0.2, 0.25) is 0 Å². The van der Waals surface area contributed by atoms with Gasteiger partial charge in [-0.05, 0) is 24.0 Å². The van der Waals surface area contributed by atoms with Crippen molar-refractivity contribution in [3.05, 3.63) is 53.6 Å². The SMILES string of the molecule is Cn1cncc1C(O)C1(C#N)Cc2ccccc2C1. The fourth-order valence-corrected chi connectivity index (χ4v) is 2.89. The number of hydrogen-bond acceptors (Lipinski definition) is 3. The van der Waals surface area contributed by atoms with Crippen molar-refractivity contribution in [2.24, 2.45) is 12.5 Å². The van der Waals surface area contributed by atoms with Crippen molar-refractivity contribution in [3.63, 3.8) is 0 Å². The van der Waals surface area contributed by atoms with Crippen LogP contribution in [-0.4, -0.2) is 14.7 Å². The highest BCUT2D eigenvalue weighted by Crippen LogP contribution is 2.45. The second-order valence-electron chi connectivity index (χ2n) is 5.22. The van der Waals surface area contributed by atoms with E-state index in [4.69, 9.17) is 0 Å². The van der Waals surface area contributed by atoms with Crippen molar-refractivity contribution < 1.29 is 5.11 Å². The number of rotatable bonds is 2. The lowest BCUT2D eigenvalue weighted by atomic mass is 9.79. The third kappa shape index (κ3) is 1.74. The number of aliphatic hydroxyl groups excluding tert-OH is 1. The first-order chi connectivity index (χ1) is 9.16. The average molecular weight is 253 g/mol. The quantitative estimate of drug-likeness (QED) is 0.887. The summed E-state index contributed by atoms with van der Waals surface area (Å²) >= 11 is 0. The lowest BCUT2D eigenvalue weighted by molar-refractivity contribution is 0.0630. The van der Waals surface area contributed by atoms with Crippen LogP contribution in [0.3, 0.4) is 0 Å². The van der Waals surface area contributed by atoms with Gasteiger partial charge in [0.15, 0.2) is 0 Å². The van der Waals surface area contributed by atoms with Crippen LogP contribution in [0.15, 0.2) is 36.8 Å². The molecule has 1 unspecified atom stereocenters. The molecule has 1 heterocycles.